The van der Waals surface area contributed by atoms with Gasteiger partial charge in [-0.25, -0.2) is 4.98 Å². The van der Waals surface area contributed by atoms with Crippen LogP contribution < -0.4 is 0 Å². The summed E-state index contributed by atoms with van der Waals surface area (Å²) in [6.45, 7) is 0.868. The van der Waals surface area contributed by atoms with Gasteiger partial charge >= 0.3 is 0 Å². The smallest absolute Gasteiger partial charge is 0.209 e. The Hall–Kier alpha value is -2.24. The molecular weight excluding hydrogens is 342 g/mol. The minimum absolute atomic E-state index is 0.298. The van der Waals surface area contributed by atoms with Gasteiger partial charge in [0.05, 0.1) is 6.10 Å². The molecule has 1 atom stereocenters. The summed E-state index contributed by atoms with van der Waals surface area (Å²) >= 11 is 1.63. The lowest BCUT2D eigenvalue weighted by atomic mass is 10.0. The van der Waals surface area contributed by atoms with Crippen molar-refractivity contribution in [2.45, 2.75) is 30.5 Å². The standard InChI is InChI=1S/C21H21N3OS/c1-3-9-16(10-4-1)19-20(17-11-5-2-6-12-17)23-24-21(22-19)26-15-18-13-7-8-14-25-18/h1-6,9-12,18H,7-8,13-15H2/t18-/m1/s1. The molecule has 1 aromatic heterocycles. The maximum absolute atomic E-state index is 5.81. The van der Waals surface area contributed by atoms with Crippen LogP contribution in [0.2, 0.25) is 0 Å². The van der Waals surface area contributed by atoms with Crippen LogP contribution in [0.3, 0.4) is 0 Å². The van der Waals surface area contributed by atoms with Crippen molar-refractivity contribution in [3.8, 4) is 22.5 Å². The molecule has 2 heterocycles. The van der Waals surface area contributed by atoms with E-state index in [9.17, 15) is 0 Å². The number of thioether (sulfide) groups is 1. The van der Waals surface area contributed by atoms with Crippen molar-refractivity contribution >= 4 is 11.8 Å². The van der Waals surface area contributed by atoms with E-state index in [0.717, 1.165) is 41.3 Å². The molecule has 132 valence electrons. The summed E-state index contributed by atoms with van der Waals surface area (Å²) in [6.07, 6.45) is 3.83. The van der Waals surface area contributed by atoms with E-state index in [1.807, 2.05) is 48.5 Å². The minimum atomic E-state index is 0.298. The molecule has 0 spiro atoms. The van der Waals surface area contributed by atoms with Crippen LogP contribution >= 0.6 is 11.8 Å². The molecule has 0 amide bonds. The summed E-state index contributed by atoms with van der Waals surface area (Å²) < 4.78 is 5.81. The number of benzene rings is 2. The van der Waals surface area contributed by atoms with E-state index < -0.39 is 0 Å². The monoisotopic (exact) mass is 363 g/mol. The normalized spacial score (nSPS) is 17.2. The van der Waals surface area contributed by atoms with Gasteiger partial charge in [0.2, 0.25) is 5.16 Å². The van der Waals surface area contributed by atoms with E-state index in [4.69, 9.17) is 9.72 Å². The summed E-state index contributed by atoms with van der Waals surface area (Å²) in [6, 6.07) is 20.3. The average Bonchev–Trinajstić information content (AvgIpc) is 2.74. The van der Waals surface area contributed by atoms with Gasteiger partial charge in [-0.3, -0.25) is 0 Å². The zero-order valence-corrected chi connectivity index (χ0v) is 15.4. The number of hydrogen-bond donors (Lipinski definition) is 0. The van der Waals surface area contributed by atoms with Crippen molar-refractivity contribution < 1.29 is 4.74 Å². The first kappa shape index (κ1) is 17.2. The summed E-state index contributed by atoms with van der Waals surface area (Å²) in [5, 5.41) is 9.59. The lowest BCUT2D eigenvalue weighted by molar-refractivity contribution is 0.0315. The molecule has 1 fully saturated rings. The van der Waals surface area contributed by atoms with Crippen LogP contribution in [0.15, 0.2) is 65.8 Å². The van der Waals surface area contributed by atoms with Gasteiger partial charge in [0.25, 0.3) is 0 Å². The molecule has 1 aliphatic heterocycles. The molecule has 3 aromatic rings. The van der Waals surface area contributed by atoms with Crippen LogP contribution in [0.25, 0.3) is 22.5 Å². The summed E-state index contributed by atoms with van der Waals surface area (Å²) in [5.41, 5.74) is 3.77. The Morgan fingerprint density at radius 1 is 0.846 bits per heavy atom. The predicted octanol–water partition coefficient (Wildman–Crippen LogP) is 4.87. The van der Waals surface area contributed by atoms with Gasteiger partial charge < -0.3 is 4.74 Å². The summed E-state index contributed by atoms with van der Waals surface area (Å²) in [7, 11) is 0. The molecule has 5 heteroatoms. The third kappa shape index (κ3) is 4.11. The van der Waals surface area contributed by atoms with E-state index in [0.29, 0.717) is 11.3 Å². The first-order valence-corrected chi connectivity index (χ1v) is 9.99. The molecular formula is C21H21N3OS. The van der Waals surface area contributed by atoms with E-state index in [1.165, 1.54) is 12.8 Å². The van der Waals surface area contributed by atoms with Crippen LogP contribution in [0.4, 0.5) is 0 Å². The SMILES string of the molecule is c1ccc(-c2nnc(SC[C@H]3CCCCO3)nc2-c2ccccc2)cc1. The quantitative estimate of drug-likeness (QED) is 0.606. The highest BCUT2D eigenvalue weighted by atomic mass is 32.2. The van der Waals surface area contributed by atoms with Gasteiger partial charge in [0.15, 0.2) is 0 Å². The van der Waals surface area contributed by atoms with Crippen LogP contribution in [0.5, 0.6) is 0 Å². The first-order valence-electron chi connectivity index (χ1n) is 9.00. The predicted molar refractivity (Wildman–Crippen MR) is 105 cm³/mol. The van der Waals surface area contributed by atoms with Gasteiger partial charge in [0.1, 0.15) is 11.4 Å². The topological polar surface area (TPSA) is 47.9 Å². The molecule has 1 aliphatic rings. The van der Waals surface area contributed by atoms with Crippen LogP contribution in [-0.4, -0.2) is 33.6 Å². The fourth-order valence-corrected chi connectivity index (χ4v) is 3.92. The van der Waals surface area contributed by atoms with E-state index in [2.05, 4.69) is 22.3 Å². The molecule has 4 rings (SSSR count). The minimum Gasteiger partial charge on any atom is -0.377 e. The number of nitrogens with zero attached hydrogens (tertiary/aromatic N) is 3. The third-order valence-corrected chi connectivity index (χ3v) is 5.40. The molecule has 0 N–H and O–H groups in total. The van der Waals surface area contributed by atoms with Crippen molar-refractivity contribution in [3.05, 3.63) is 60.7 Å². The number of aromatic nitrogens is 3. The molecule has 0 bridgehead atoms. The molecule has 0 unspecified atom stereocenters. The fraction of sp³-hybridized carbons (Fsp3) is 0.286. The Labute approximate surface area is 158 Å². The lowest BCUT2D eigenvalue weighted by Crippen LogP contribution is -2.21. The third-order valence-electron chi connectivity index (χ3n) is 4.43. The molecule has 4 nitrogen and oxygen atoms in total. The van der Waals surface area contributed by atoms with Gasteiger partial charge in [-0.1, -0.05) is 72.4 Å². The Balaban J connectivity index is 1.63. The van der Waals surface area contributed by atoms with Gasteiger partial charge in [0, 0.05) is 23.5 Å². The van der Waals surface area contributed by atoms with E-state index >= 15 is 0 Å². The van der Waals surface area contributed by atoms with E-state index in [1.54, 1.807) is 11.8 Å². The molecule has 0 aliphatic carbocycles. The largest absolute Gasteiger partial charge is 0.377 e. The highest BCUT2D eigenvalue weighted by Crippen LogP contribution is 2.30. The number of rotatable bonds is 5. The van der Waals surface area contributed by atoms with Gasteiger partial charge in [-0.2, -0.15) is 0 Å². The van der Waals surface area contributed by atoms with Crippen molar-refractivity contribution in [1.82, 2.24) is 15.2 Å². The van der Waals surface area contributed by atoms with Crippen LogP contribution in [0, 0.1) is 0 Å². The summed E-state index contributed by atoms with van der Waals surface area (Å²) in [4.78, 5) is 4.84. The highest BCUT2D eigenvalue weighted by Gasteiger charge is 2.17. The van der Waals surface area contributed by atoms with Crippen LogP contribution in [-0.2, 0) is 4.74 Å². The average molecular weight is 363 g/mol. The molecule has 1 saturated heterocycles. The fourth-order valence-electron chi connectivity index (χ4n) is 3.07. The highest BCUT2D eigenvalue weighted by molar-refractivity contribution is 7.99. The second-order valence-electron chi connectivity index (χ2n) is 6.32. The van der Waals surface area contributed by atoms with Crippen molar-refractivity contribution in [2.24, 2.45) is 0 Å². The van der Waals surface area contributed by atoms with Crippen molar-refractivity contribution in [3.63, 3.8) is 0 Å². The number of hydrogen-bond acceptors (Lipinski definition) is 5. The van der Waals surface area contributed by atoms with Crippen LogP contribution in [0.1, 0.15) is 19.3 Å². The lowest BCUT2D eigenvalue weighted by Gasteiger charge is -2.21. The molecule has 0 radical (unpaired) electrons. The first-order chi connectivity index (χ1) is 12.9. The Bertz CT molecular complexity index is 836. The Morgan fingerprint density at radius 3 is 2.19 bits per heavy atom. The Kier molecular flexibility index (Phi) is 5.57. The van der Waals surface area contributed by atoms with Gasteiger partial charge in [-0.15, -0.1) is 10.2 Å². The van der Waals surface area contributed by atoms with E-state index in [-0.39, 0.29) is 0 Å². The Morgan fingerprint density at radius 2 is 1.54 bits per heavy atom. The molecule has 26 heavy (non-hydrogen) atoms. The molecule has 0 saturated carbocycles. The maximum Gasteiger partial charge on any atom is 0.209 e. The van der Waals surface area contributed by atoms with Crippen molar-refractivity contribution in [1.29, 1.82) is 0 Å². The second kappa shape index (κ2) is 8.43. The summed E-state index contributed by atoms with van der Waals surface area (Å²) in [5.74, 6) is 0.876. The number of ether oxygens (including phenoxy) is 1. The molecule has 2 aromatic carbocycles. The van der Waals surface area contributed by atoms with Gasteiger partial charge in [-0.05, 0) is 19.3 Å². The zero-order chi connectivity index (χ0) is 17.6. The second-order valence-corrected chi connectivity index (χ2v) is 7.31. The maximum atomic E-state index is 5.81. The van der Waals surface area contributed by atoms with Crippen molar-refractivity contribution in [2.75, 3.05) is 12.4 Å². The zero-order valence-electron chi connectivity index (χ0n) is 14.5.